The van der Waals surface area contributed by atoms with Crippen molar-refractivity contribution < 1.29 is 4.74 Å². The maximum Gasteiger partial charge on any atom is 0.0471 e. The van der Waals surface area contributed by atoms with Crippen LogP contribution in [0.3, 0.4) is 0 Å². The van der Waals surface area contributed by atoms with Crippen LogP contribution in [-0.2, 0) is 4.74 Å². The van der Waals surface area contributed by atoms with Crippen molar-refractivity contribution >= 4 is 11.6 Å². The minimum atomic E-state index is 0.398. The molecule has 0 aromatic rings. The van der Waals surface area contributed by atoms with Crippen LogP contribution < -0.4 is 0 Å². The van der Waals surface area contributed by atoms with Gasteiger partial charge in [-0.25, -0.2) is 0 Å². The summed E-state index contributed by atoms with van der Waals surface area (Å²) in [6.45, 7) is 6.40. The Kier molecular flexibility index (Phi) is 5.25. The Morgan fingerprint density at radius 1 is 1.29 bits per heavy atom. The molecule has 0 saturated carbocycles. The molecular formula is C12H23ClO. The zero-order chi connectivity index (χ0) is 10.4. The number of alkyl halides is 1. The molecule has 0 atom stereocenters. The van der Waals surface area contributed by atoms with Gasteiger partial charge >= 0.3 is 0 Å². The van der Waals surface area contributed by atoms with Crippen molar-refractivity contribution in [3.05, 3.63) is 0 Å². The summed E-state index contributed by atoms with van der Waals surface area (Å²) < 4.78 is 5.40. The van der Waals surface area contributed by atoms with Crippen LogP contribution >= 0.6 is 11.6 Å². The quantitative estimate of drug-likeness (QED) is 0.637. The number of halogens is 1. The van der Waals surface area contributed by atoms with Gasteiger partial charge < -0.3 is 4.74 Å². The number of ether oxygens (including phenoxy) is 1. The van der Waals surface area contributed by atoms with Crippen LogP contribution in [0.4, 0.5) is 0 Å². The molecule has 1 rings (SSSR count). The van der Waals surface area contributed by atoms with E-state index in [2.05, 4.69) is 13.8 Å². The normalized spacial score (nSPS) is 21.4. The zero-order valence-electron chi connectivity index (χ0n) is 9.52. The van der Waals surface area contributed by atoms with E-state index >= 15 is 0 Å². The monoisotopic (exact) mass is 218 g/mol. The summed E-state index contributed by atoms with van der Waals surface area (Å²) >= 11 is 6.10. The Bertz CT molecular complexity index is 150. The second-order valence-electron chi connectivity index (χ2n) is 5.03. The van der Waals surface area contributed by atoms with E-state index in [1.54, 1.807) is 0 Å². The van der Waals surface area contributed by atoms with Crippen LogP contribution in [0.5, 0.6) is 0 Å². The van der Waals surface area contributed by atoms with Gasteiger partial charge in [-0.05, 0) is 30.6 Å². The van der Waals surface area contributed by atoms with Crippen molar-refractivity contribution in [1.82, 2.24) is 0 Å². The fraction of sp³-hybridized carbons (Fsp3) is 1.00. The Morgan fingerprint density at radius 2 is 1.93 bits per heavy atom. The van der Waals surface area contributed by atoms with Crippen molar-refractivity contribution in [3.8, 4) is 0 Å². The first-order chi connectivity index (χ1) is 6.68. The Balaban J connectivity index is 2.29. The van der Waals surface area contributed by atoms with Crippen molar-refractivity contribution in [2.24, 2.45) is 11.3 Å². The van der Waals surface area contributed by atoms with E-state index < -0.39 is 0 Å². The summed E-state index contributed by atoms with van der Waals surface area (Å²) in [5.74, 6) is 1.64. The highest BCUT2D eigenvalue weighted by Gasteiger charge is 2.30. The summed E-state index contributed by atoms with van der Waals surface area (Å²) in [5, 5.41) is 0. The van der Waals surface area contributed by atoms with Gasteiger partial charge in [0, 0.05) is 19.1 Å². The van der Waals surface area contributed by atoms with Gasteiger partial charge in [-0.1, -0.05) is 26.7 Å². The van der Waals surface area contributed by atoms with E-state index in [1.165, 1.54) is 19.3 Å². The van der Waals surface area contributed by atoms with Gasteiger partial charge in [-0.15, -0.1) is 11.6 Å². The van der Waals surface area contributed by atoms with Crippen LogP contribution in [0.2, 0.25) is 0 Å². The largest absolute Gasteiger partial charge is 0.381 e. The molecule has 0 spiro atoms. The first-order valence-electron chi connectivity index (χ1n) is 5.82. The third kappa shape index (κ3) is 3.78. The molecule has 0 bridgehead atoms. The van der Waals surface area contributed by atoms with Crippen LogP contribution in [0.15, 0.2) is 0 Å². The SMILES string of the molecule is CC(C)CCCC1(CCl)CCOCC1. The van der Waals surface area contributed by atoms with Crippen molar-refractivity contribution in [3.63, 3.8) is 0 Å². The lowest BCUT2D eigenvalue weighted by Gasteiger charge is -2.35. The van der Waals surface area contributed by atoms with Gasteiger partial charge in [0.05, 0.1) is 0 Å². The zero-order valence-corrected chi connectivity index (χ0v) is 10.3. The molecule has 2 heteroatoms. The maximum absolute atomic E-state index is 6.10. The molecule has 0 aromatic carbocycles. The average molecular weight is 219 g/mol. The van der Waals surface area contributed by atoms with Crippen molar-refractivity contribution in [1.29, 1.82) is 0 Å². The molecule has 0 unspecified atom stereocenters. The van der Waals surface area contributed by atoms with Crippen molar-refractivity contribution in [2.45, 2.75) is 46.0 Å². The molecule has 1 fully saturated rings. The second kappa shape index (κ2) is 5.97. The van der Waals surface area contributed by atoms with Gasteiger partial charge in [0.15, 0.2) is 0 Å². The molecule has 14 heavy (non-hydrogen) atoms. The third-order valence-corrected chi connectivity index (χ3v) is 3.89. The number of hydrogen-bond acceptors (Lipinski definition) is 1. The first-order valence-corrected chi connectivity index (χ1v) is 6.36. The Hall–Kier alpha value is 0.250. The summed E-state index contributed by atoms with van der Waals surface area (Å²) in [5.41, 5.74) is 0.398. The van der Waals surface area contributed by atoms with E-state index in [1.807, 2.05) is 0 Å². The molecule has 0 amide bonds. The predicted molar refractivity (Wildman–Crippen MR) is 61.9 cm³/mol. The fourth-order valence-electron chi connectivity index (χ4n) is 2.14. The summed E-state index contributed by atoms with van der Waals surface area (Å²) in [6, 6.07) is 0. The standard InChI is InChI=1S/C12H23ClO/c1-11(2)4-3-5-12(10-13)6-8-14-9-7-12/h11H,3-10H2,1-2H3. The van der Waals surface area contributed by atoms with Gasteiger partial charge in [0.25, 0.3) is 0 Å². The number of hydrogen-bond donors (Lipinski definition) is 0. The molecule has 0 radical (unpaired) electrons. The Morgan fingerprint density at radius 3 is 2.43 bits per heavy atom. The smallest absolute Gasteiger partial charge is 0.0471 e. The number of rotatable bonds is 5. The van der Waals surface area contributed by atoms with E-state index in [0.29, 0.717) is 5.41 Å². The van der Waals surface area contributed by atoms with E-state index in [9.17, 15) is 0 Å². The minimum Gasteiger partial charge on any atom is -0.381 e. The summed E-state index contributed by atoms with van der Waals surface area (Å²) in [4.78, 5) is 0. The highest BCUT2D eigenvalue weighted by Crippen LogP contribution is 2.37. The second-order valence-corrected chi connectivity index (χ2v) is 5.30. The van der Waals surface area contributed by atoms with E-state index in [0.717, 1.165) is 37.9 Å². The first kappa shape index (κ1) is 12.3. The molecule has 0 aliphatic carbocycles. The molecular weight excluding hydrogens is 196 g/mol. The topological polar surface area (TPSA) is 9.23 Å². The molecule has 0 N–H and O–H groups in total. The van der Waals surface area contributed by atoms with Gasteiger partial charge in [0.1, 0.15) is 0 Å². The van der Waals surface area contributed by atoms with E-state index in [4.69, 9.17) is 16.3 Å². The molecule has 1 aliphatic rings. The summed E-state index contributed by atoms with van der Waals surface area (Å²) in [6.07, 6.45) is 6.27. The summed E-state index contributed by atoms with van der Waals surface area (Å²) in [7, 11) is 0. The van der Waals surface area contributed by atoms with E-state index in [-0.39, 0.29) is 0 Å². The highest BCUT2D eigenvalue weighted by molar-refractivity contribution is 6.18. The average Bonchev–Trinajstić information content (AvgIpc) is 2.19. The molecule has 1 saturated heterocycles. The Labute approximate surface area is 93.2 Å². The van der Waals surface area contributed by atoms with Gasteiger partial charge in [0.2, 0.25) is 0 Å². The van der Waals surface area contributed by atoms with Crippen LogP contribution in [0.1, 0.15) is 46.0 Å². The molecule has 1 aliphatic heterocycles. The van der Waals surface area contributed by atoms with Crippen LogP contribution in [0, 0.1) is 11.3 Å². The molecule has 1 heterocycles. The maximum atomic E-state index is 6.10. The third-order valence-electron chi connectivity index (χ3n) is 3.33. The molecule has 84 valence electrons. The van der Waals surface area contributed by atoms with Gasteiger partial charge in [-0.2, -0.15) is 0 Å². The molecule has 0 aromatic heterocycles. The van der Waals surface area contributed by atoms with Gasteiger partial charge in [-0.3, -0.25) is 0 Å². The minimum absolute atomic E-state index is 0.398. The lowest BCUT2D eigenvalue weighted by molar-refractivity contribution is 0.0200. The fourth-order valence-corrected chi connectivity index (χ4v) is 2.54. The van der Waals surface area contributed by atoms with Crippen molar-refractivity contribution in [2.75, 3.05) is 19.1 Å². The highest BCUT2D eigenvalue weighted by atomic mass is 35.5. The predicted octanol–water partition coefficient (Wildman–Crippen LogP) is 3.85. The lowest BCUT2D eigenvalue weighted by Crippen LogP contribution is -2.31. The van der Waals surface area contributed by atoms with Crippen LogP contribution in [0.25, 0.3) is 0 Å². The molecule has 1 nitrogen and oxygen atoms in total. The lowest BCUT2D eigenvalue weighted by atomic mass is 9.77. The van der Waals surface area contributed by atoms with Crippen LogP contribution in [-0.4, -0.2) is 19.1 Å².